The molecule has 0 aliphatic heterocycles. The predicted molar refractivity (Wildman–Crippen MR) is 198 cm³/mol. The van der Waals surface area contributed by atoms with Gasteiger partial charge in [0.05, 0.1) is 29.4 Å². The van der Waals surface area contributed by atoms with Gasteiger partial charge >= 0.3 is 11.9 Å². The number of esters is 2. The summed E-state index contributed by atoms with van der Waals surface area (Å²) >= 11 is 0. The zero-order valence-electron chi connectivity index (χ0n) is 30.2. The lowest BCUT2D eigenvalue weighted by atomic mass is 10.0. The van der Waals surface area contributed by atoms with E-state index in [2.05, 4.69) is 121 Å². The quantitative estimate of drug-likeness (QED) is 0.117. The summed E-state index contributed by atoms with van der Waals surface area (Å²) in [6.07, 6.45) is 4.53. The van der Waals surface area contributed by atoms with Crippen molar-refractivity contribution in [1.29, 1.82) is 0 Å². The van der Waals surface area contributed by atoms with Gasteiger partial charge in [-0.15, -0.1) is 0 Å². The van der Waals surface area contributed by atoms with Crippen LogP contribution in [-0.2, 0) is 23.5 Å². The summed E-state index contributed by atoms with van der Waals surface area (Å²) in [4.78, 5) is 25.8. The molecule has 0 unspecified atom stereocenters. The molecule has 0 radical (unpaired) electrons. The van der Waals surface area contributed by atoms with E-state index in [0.29, 0.717) is 26.1 Å². The number of carbonyl (C=O) groups is 2. The number of hydrogen-bond donors (Lipinski definition) is 0. The molecule has 2 rings (SSSR count). The smallest absolute Gasteiger partial charge is 0.305 e. The first-order valence-electron chi connectivity index (χ1n) is 17.1. The lowest BCUT2D eigenvalue weighted by molar-refractivity contribution is -0.144. The van der Waals surface area contributed by atoms with Gasteiger partial charge in [0.2, 0.25) is 0 Å². The second-order valence-corrected chi connectivity index (χ2v) is 29.7. The summed E-state index contributed by atoms with van der Waals surface area (Å²) in [5.41, 5.74) is 0.463. The summed E-state index contributed by atoms with van der Waals surface area (Å²) in [6, 6.07) is 21.5. The van der Waals surface area contributed by atoms with Crippen LogP contribution in [-0.4, -0.2) is 55.7 Å². The average Bonchev–Trinajstić information content (AvgIpc) is 2.97. The maximum absolute atomic E-state index is 12.9. The highest BCUT2D eigenvalue weighted by Crippen LogP contribution is 2.41. The Bertz CT molecular complexity index is 1100. The van der Waals surface area contributed by atoms with Gasteiger partial charge < -0.3 is 13.9 Å². The Morgan fingerprint density at radius 2 is 0.978 bits per heavy atom. The van der Waals surface area contributed by atoms with Gasteiger partial charge in [0.15, 0.2) is 8.32 Å². The molecule has 0 amide bonds. The van der Waals surface area contributed by atoms with Gasteiger partial charge in [0.25, 0.3) is 0 Å². The lowest BCUT2D eigenvalue weighted by Gasteiger charge is -2.41. The van der Waals surface area contributed by atoms with E-state index >= 15 is 0 Å². The first kappa shape index (κ1) is 39.2. The fourth-order valence-electron chi connectivity index (χ4n) is 6.11. The van der Waals surface area contributed by atoms with Crippen molar-refractivity contribution in [3.63, 3.8) is 0 Å². The van der Waals surface area contributed by atoms with Crippen molar-refractivity contribution in [2.75, 3.05) is 13.2 Å². The van der Waals surface area contributed by atoms with E-state index in [1.54, 1.807) is 0 Å². The van der Waals surface area contributed by atoms with Crippen LogP contribution in [0.3, 0.4) is 0 Å². The van der Waals surface area contributed by atoms with Crippen molar-refractivity contribution in [1.82, 2.24) is 0 Å². The van der Waals surface area contributed by atoms with E-state index in [9.17, 15) is 9.59 Å². The van der Waals surface area contributed by atoms with Crippen molar-refractivity contribution in [2.45, 2.75) is 135 Å². The summed E-state index contributed by atoms with van der Waals surface area (Å²) in [6.45, 7) is 25.6. The van der Waals surface area contributed by atoms with Crippen LogP contribution in [0.5, 0.6) is 0 Å². The Morgan fingerprint density at radius 1 is 0.622 bits per heavy atom. The zero-order valence-corrected chi connectivity index (χ0v) is 33.2. The minimum absolute atomic E-state index is 0.0569. The van der Waals surface area contributed by atoms with Crippen molar-refractivity contribution in [3.05, 3.63) is 60.7 Å². The van der Waals surface area contributed by atoms with E-state index in [1.807, 2.05) is 13.8 Å². The molecule has 0 saturated carbocycles. The minimum Gasteiger partial charge on any atom is -0.466 e. The second-order valence-electron chi connectivity index (χ2n) is 15.2. The Hall–Kier alpha value is -2.01. The first-order valence-corrected chi connectivity index (χ1v) is 26.1. The molecular weight excluding hydrogens is 609 g/mol. The molecule has 2 aromatic carbocycles. The highest BCUT2D eigenvalue weighted by molar-refractivity contribution is 6.91. The third-order valence-electron chi connectivity index (χ3n) is 10.5. The molecule has 0 bridgehead atoms. The molecule has 0 aromatic heterocycles. The number of rotatable bonds is 18. The van der Waals surface area contributed by atoms with Gasteiger partial charge in [0.1, 0.15) is 0 Å². The van der Waals surface area contributed by atoms with Crippen LogP contribution in [0.4, 0.5) is 0 Å². The van der Waals surface area contributed by atoms with Crippen molar-refractivity contribution >= 4 is 46.8 Å². The molecule has 8 heteroatoms. The van der Waals surface area contributed by atoms with E-state index < -0.39 is 24.5 Å². The van der Waals surface area contributed by atoms with E-state index in [4.69, 9.17) is 13.9 Å². The van der Waals surface area contributed by atoms with Crippen LogP contribution in [0.2, 0.25) is 55.4 Å². The van der Waals surface area contributed by atoms with Gasteiger partial charge in [-0.25, -0.2) is 0 Å². The zero-order chi connectivity index (χ0) is 33.9. The highest BCUT2D eigenvalue weighted by atomic mass is 28.4. The molecule has 5 nitrogen and oxygen atoms in total. The van der Waals surface area contributed by atoms with E-state index in [-0.39, 0.29) is 34.2 Å². The Morgan fingerprint density at radius 3 is 1.29 bits per heavy atom. The largest absolute Gasteiger partial charge is 0.466 e. The molecule has 0 N–H and O–H groups in total. The maximum Gasteiger partial charge on any atom is 0.305 e. The van der Waals surface area contributed by atoms with Crippen molar-refractivity contribution in [3.8, 4) is 0 Å². The molecular formula is C37H62O5Si3. The molecule has 45 heavy (non-hydrogen) atoms. The van der Waals surface area contributed by atoms with Crippen LogP contribution in [0, 0.1) is 0 Å². The predicted octanol–water partition coefficient (Wildman–Crippen LogP) is 8.82. The van der Waals surface area contributed by atoms with Crippen LogP contribution in [0.15, 0.2) is 60.7 Å². The third-order valence-corrected chi connectivity index (χ3v) is 23.7. The van der Waals surface area contributed by atoms with Gasteiger partial charge in [0, 0.05) is 18.9 Å². The molecule has 2 aromatic rings. The third kappa shape index (κ3) is 11.6. The molecule has 0 saturated heterocycles. The van der Waals surface area contributed by atoms with E-state index in [0.717, 1.165) is 25.7 Å². The Balaban J connectivity index is 2.41. The fraction of sp³-hybridized carbons (Fsp3) is 0.622. The van der Waals surface area contributed by atoms with Gasteiger partial charge in [-0.1, -0.05) is 118 Å². The van der Waals surface area contributed by atoms with E-state index in [1.165, 1.54) is 10.4 Å². The van der Waals surface area contributed by atoms with Crippen molar-refractivity contribution < 1.29 is 23.5 Å². The molecule has 0 aliphatic carbocycles. The summed E-state index contributed by atoms with van der Waals surface area (Å²) in [7, 11) is -6.11. The van der Waals surface area contributed by atoms with Crippen LogP contribution < -0.4 is 10.4 Å². The van der Waals surface area contributed by atoms with Crippen LogP contribution in [0.1, 0.15) is 73.1 Å². The highest BCUT2D eigenvalue weighted by Gasteiger charge is 2.42. The summed E-state index contributed by atoms with van der Waals surface area (Å²) < 4.78 is 18.1. The molecule has 0 heterocycles. The SMILES string of the molecule is CCOC(=O)C[C@H](CCC(CC[C@@H](CC(=O)OCC)[Si](C)(C)c1ccccc1)O[Si](C)(C)C(C)(C)C)[Si](C)(C)c1ccccc1. The Labute approximate surface area is 278 Å². The van der Waals surface area contributed by atoms with Gasteiger partial charge in [-0.3, -0.25) is 9.59 Å². The number of ether oxygens (including phenoxy) is 2. The first-order chi connectivity index (χ1) is 21.0. The van der Waals surface area contributed by atoms with Gasteiger partial charge in [-0.2, -0.15) is 0 Å². The molecule has 252 valence electrons. The van der Waals surface area contributed by atoms with Crippen molar-refractivity contribution in [2.24, 2.45) is 0 Å². The monoisotopic (exact) mass is 670 g/mol. The number of hydrogen-bond acceptors (Lipinski definition) is 5. The normalized spacial score (nSPS) is 14.2. The van der Waals surface area contributed by atoms with Crippen LogP contribution >= 0.6 is 0 Å². The molecule has 0 aliphatic rings. The summed E-state index contributed by atoms with van der Waals surface area (Å²) in [5, 5.41) is 2.81. The Kier molecular flexibility index (Phi) is 15.0. The molecule has 0 fully saturated rings. The maximum atomic E-state index is 12.9. The van der Waals surface area contributed by atoms with Gasteiger partial charge in [-0.05, 0) is 68.7 Å². The van der Waals surface area contributed by atoms with Crippen LogP contribution in [0.25, 0.3) is 0 Å². The molecule has 2 atom stereocenters. The number of benzene rings is 2. The second kappa shape index (κ2) is 17.2. The topological polar surface area (TPSA) is 61.8 Å². The fourth-order valence-corrected chi connectivity index (χ4v) is 13.7. The minimum atomic E-state index is -2.08. The average molecular weight is 671 g/mol. The number of carbonyl (C=O) groups excluding carboxylic acids is 2. The molecule has 0 spiro atoms. The standard InChI is InChI=1S/C37H62O5Si3/c1-12-40-35(38)28-33(43(6,7)31-20-16-14-17-21-31)26-24-30(42-45(10,11)37(3,4)5)25-27-34(29-36(39)41-13-2)44(8,9)32-22-18-15-19-23-32/h14-23,30,33-34H,12-13,24-29H2,1-11H3/t33-,34-/m0/s1. The summed E-state index contributed by atoms with van der Waals surface area (Å²) in [5.74, 6) is -0.211. The lowest BCUT2D eigenvalue weighted by Crippen LogP contribution is -2.48.